The van der Waals surface area contributed by atoms with Crippen molar-refractivity contribution in [3.63, 3.8) is 0 Å². The van der Waals surface area contributed by atoms with E-state index in [2.05, 4.69) is 20.6 Å². The summed E-state index contributed by atoms with van der Waals surface area (Å²) in [5.74, 6) is 1.93. The fraction of sp³-hybridized carbons (Fsp3) is 0.273. The normalized spacial score (nSPS) is 12.0. The minimum atomic E-state index is -0.665. The number of aliphatic hydroxyl groups excluding tert-OH is 1. The summed E-state index contributed by atoms with van der Waals surface area (Å²) in [5.41, 5.74) is 2.46. The maximum Gasteiger partial charge on any atom is 0.226 e. The molecule has 1 unspecified atom stereocenters. The van der Waals surface area contributed by atoms with Gasteiger partial charge in [0.2, 0.25) is 5.89 Å². The lowest BCUT2D eigenvalue weighted by atomic mass is 10.1. The molecule has 0 fully saturated rings. The molecule has 3 aromatic rings. The SMILES string of the molecule is CCNC(=NCc1coc(-c2ccccc2)n1)NCC(O)c1ccc(OC)cc1.I. The molecule has 0 aliphatic rings. The average Bonchev–Trinajstić information content (AvgIpc) is 3.25. The average molecular weight is 522 g/mol. The first-order valence-corrected chi connectivity index (χ1v) is 9.53. The van der Waals surface area contributed by atoms with E-state index in [1.165, 1.54) is 0 Å². The van der Waals surface area contributed by atoms with Gasteiger partial charge in [0.15, 0.2) is 5.96 Å². The zero-order chi connectivity index (χ0) is 20.5. The van der Waals surface area contributed by atoms with Crippen molar-refractivity contribution in [3.8, 4) is 17.2 Å². The summed E-state index contributed by atoms with van der Waals surface area (Å²) in [6.45, 7) is 3.38. The van der Waals surface area contributed by atoms with Gasteiger partial charge in [0.25, 0.3) is 0 Å². The van der Waals surface area contributed by atoms with Crippen molar-refractivity contribution in [3.05, 3.63) is 72.1 Å². The molecule has 1 aromatic heterocycles. The molecule has 2 aromatic carbocycles. The second-order valence-corrected chi connectivity index (χ2v) is 6.38. The van der Waals surface area contributed by atoms with Gasteiger partial charge < -0.3 is 24.9 Å². The smallest absolute Gasteiger partial charge is 0.226 e. The number of ether oxygens (including phenoxy) is 1. The monoisotopic (exact) mass is 522 g/mol. The quantitative estimate of drug-likeness (QED) is 0.237. The zero-order valence-corrected chi connectivity index (χ0v) is 19.4. The van der Waals surface area contributed by atoms with Crippen LogP contribution in [0.1, 0.15) is 24.3 Å². The molecule has 0 spiro atoms. The Morgan fingerprint density at radius 1 is 1.13 bits per heavy atom. The second-order valence-electron chi connectivity index (χ2n) is 6.38. The number of benzene rings is 2. The van der Waals surface area contributed by atoms with Crippen LogP contribution in [0.15, 0.2) is 70.3 Å². The molecule has 1 heterocycles. The molecule has 0 saturated heterocycles. The Morgan fingerprint density at radius 3 is 2.53 bits per heavy atom. The number of guanidine groups is 1. The maximum atomic E-state index is 10.4. The largest absolute Gasteiger partial charge is 0.497 e. The molecule has 0 aliphatic carbocycles. The fourth-order valence-electron chi connectivity index (χ4n) is 2.73. The second kappa shape index (κ2) is 12.2. The van der Waals surface area contributed by atoms with Gasteiger partial charge in [-0.2, -0.15) is 0 Å². The first-order chi connectivity index (χ1) is 14.2. The molecule has 0 bridgehead atoms. The van der Waals surface area contributed by atoms with Crippen molar-refractivity contribution in [1.82, 2.24) is 15.6 Å². The highest BCUT2D eigenvalue weighted by molar-refractivity contribution is 14.0. The summed E-state index contributed by atoms with van der Waals surface area (Å²) in [6, 6.07) is 17.1. The number of methoxy groups -OCH3 is 1. The van der Waals surface area contributed by atoms with Crippen LogP contribution in [0.4, 0.5) is 0 Å². The van der Waals surface area contributed by atoms with Gasteiger partial charge in [0, 0.05) is 18.7 Å². The molecule has 0 amide bonds. The van der Waals surface area contributed by atoms with Crippen LogP contribution in [0.5, 0.6) is 5.75 Å². The Morgan fingerprint density at radius 2 is 1.87 bits per heavy atom. The van der Waals surface area contributed by atoms with E-state index in [0.717, 1.165) is 22.6 Å². The number of aromatic nitrogens is 1. The van der Waals surface area contributed by atoms with Gasteiger partial charge in [-0.1, -0.05) is 30.3 Å². The van der Waals surface area contributed by atoms with Crippen LogP contribution in [0.25, 0.3) is 11.5 Å². The fourth-order valence-corrected chi connectivity index (χ4v) is 2.73. The van der Waals surface area contributed by atoms with Gasteiger partial charge in [-0.15, -0.1) is 24.0 Å². The molecule has 3 N–H and O–H groups in total. The van der Waals surface area contributed by atoms with Crippen molar-refractivity contribution < 1.29 is 14.3 Å². The van der Waals surface area contributed by atoms with Crippen molar-refractivity contribution in [2.45, 2.75) is 19.6 Å². The van der Waals surface area contributed by atoms with Crippen LogP contribution >= 0.6 is 24.0 Å². The van der Waals surface area contributed by atoms with Gasteiger partial charge in [-0.3, -0.25) is 0 Å². The Balaban J connectivity index is 0.00000320. The molecule has 30 heavy (non-hydrogen) atoms. The van der Waals surface area contributed by atoms with Crippen LogP contribution < -0.4 is 15.4 Å². The summed E-state index contributed by atoms with van der Waals surface area (Å²) in [7, 11) is 1.61. The summed E-state index contributed by atoms with van der Waals surface area (Å²) < 4.78 is 10.7. The highest BCUT2D eigenvalue weighted by Crippen LogP contribution is 2.18. The number of nitrogens with one attached hydrogen (secondary N) is 2. The predicted molar refractivity (Wildman–Crippen MR) is 128 cm³/mol. The van der Waals surface area contributed by atoms with Crippen LogP contribution in [0, 0.1) is 0 Å². The van der Waals surface area contributed by atoms with Gasteiger partial charge >= 0.3 is 0 Å². The van der Waals surface area contributed by atoms with E-state index in [-0.39, 0.29) is 24.0 Å². The minimum Gasteiger partial charge on any atom is -0.497 e. The number of nitrogens with zero attached hydrogens (tertiary/aromatic N) is 2. The first-order valence-electron chi connectivity index (χ1n) is 9.53. The molecule has 3 rings (SSSR count). The maximum absolute atomic E-state index is 10.4. The molecule has 160 valence electrons. The molecule has 0 radical (unpaired) electrons. The summed E-state index contributed by atoms with van der Waals surface area (Å²) in [6.07, 6.45) is 0.947. The molecule has 8 heteroatoms. The van der Waals surface area contributed by atoms with Crippen LogP contribution in [0.3, 0.4) is 0 Å². The minimum absolute atomic E-state index is 0. The molecule has 0 saturated carbocycles. The third-order valence-corrected chi connectivity index (χ3v) is 4.28. The van der Waals surface area contributed by atoms with Crippen LogP contribution in [0.2, 0.25) is 0 Å². The third-order valence-electron chi connectivity index (χ3n) is 4.28. The van der Waals surface area contributed by atoms with E-state index >= 15 is 0 Å². The Bertz CT molecular complexity index is 914. The van der Waals surface area contributed by atoms with Gasteiger partial charge in [0.1, 0.15) is 17.7 Å². The van der Waals surface area contributed by atoms with E-state index in [9.17, 15) is 5.11 Å². The first kappa shape index (κ1) is 23.7. The highest BCUT2D eigenvalue weighted by Gasteiger charge is 2.10. The lowest BCUT2D eigenvalue weighted by Gasteiger charge is -2.15. The van der Waals surface area contributed by atoms with Crippen molar-refractivity contribution >= 4 is 29.9 Å². The van der Waals surface area contributed by atoms with E-state index in [4.69, 9.17) is 9.15 Å². The van der Waals surface area contributed by atoms with Crippen molar-refractivity contribution in [1.29, 1.82) is 0 Å². The number of hydrogen-bond acceptors (Lipinski definition) is 5. The number of halogens is 1. The summed E-state index contributed by atoms with van der Waals surface area (Å²) >= 11 is 0. The van der Waals surface area contributed by atoms with E-state index in [1.807, 2.05) is 61.5 Å². The summed E-state index contributed by atoms with van der Waals surface area (Å²) in [5, 5.41) is 16.7. The molecule has 7 nitrogen and oxygen atoms in total. The van der Waals surface area contributed by atoms with Crippen LogP contribution in [-0.2, 0) is 6.54 Å². The van der Waals surface area contributed by atoms with E-state index in [0.29, 0.717) is 31.5 Å². The van der Waals surface area contributed by atoms with Gasteiger partial charge in [-0.05, 0) is 36.8 Å². The number of oxazole rings is 1. The van der Waals surface area contributed by atoms with Crippen LogP contribution in [-0.4, -0.2) is 36.2 Å². The standard InChI is InChI=1S/C22H26N4O3.HI/c1-3-23-22(25-14-20(27)16-9-11-19(28-2)12-10-16)24-13-18-15-29-21(26-18)17-7-5-4-6-8-17;/h4-12,15,20,27H,3,13-14H2,1-2H3,(H2,23,24,25);1H. The highest BCUT2D eigenvalue weighted by atomic mass is 127. The van der Waals surface area contributed by atoms with E-state index in [1.54, 1.807) is 13.4 Å². The zero-order valence-electron chi connectivity index (χ0n) is 17.0. The number of rotatable bonds is 8. The number of aliphatic hydroxyl groups is 1. The Kier molecular flexibility index (Phi) is 9.62. The lowest BCUT2D eigenvalue weighted by Crippen LogP contribution is -2.39. The Hall–Kier alpha value is -2.59. The van der Waals surface area contributed by atoms with Crippen molar-refractivity contribution in [2.75, 3.05) is 20.2 Å². The number of hydrogen-bond donors (Lipinski definition) is 3. The predicted octanol–water partition coefficient (Wildman–Crippen LogP) is 3.76. The molecular weight excluding hydrogens is 495 g/mol. The lowest BCUT2D eigenvalue weighted by molar-refractivity contribution is 0.180. The molecular formula is C22H27IN4O3. The molecule has 0 aliphatic heterocycles. The van der Waals surface area contributed by atoms with Gasteiger partial charge in [0.05, 0.1) is 19.8 Å². The summed E-state index contributed by atoms with van der Waals surface area (Å²) in [4.78, 5) is 9.01. The topological polar surface area (TPSA) is 91.9 Å². The van der Waals surface area contributed by atoms with Gasteiger partial charge in [-0.25, -0.2) is 9.98 Å². The van der Waals surface area contributed by atoms with E-state index < -0.39 is 6.10 Å². The number of aliphatic imine (C=N–C) groups is 1. The van der Waals surface area contributed by atoms with Crippen molar-refractivity contribution in [2.24, 2.45) is 4.99 Å². The third kappa shape index (κ3) is 6.74. The molecule has 1 atom stereocenters. The Labute approximate surface area is 193 Å².